The molecule has 0 unspecified atom stereocenters. The molecule has 1 amide bonds. The summed E-state index contributed by atoms with van der Waals surface area (Å²) in [6.07, 6.45) is 0.791. The minimum atomic E-state index is -0.0480. The van der Waals surface area contributed by atoms with Crippen LogP contribution in [0.25, 0.3) is 17.1 Å². The lowest BCUT2D eigenvalue weighted by atomic mass is 10.1. The second-order valence-electron chi connectivity index (χ2n) is 7.45. The largest absolute Gasteiger partial charge is 0.497 e. The molecule has 0 spiro atoms. The molecule has 0 saturated carbocycles. The van der Waals surface area contributed by atoms with Crippen molar-refractivity contribution in [1.29, 1.82) is 0 Å². The molecule has 3 aromatic carbocycles. The first-order chi connectivity index (χ1) is 16.7. The Balaban J connectivity index is 1.52. The molecule has 4 aromatic rings. The van der Waals surface area contributed by atoms with Crippen molar-refractivity contribution < 1.29 is 14.3 Å². The van der Waals surface area contributed by atoms with Crippen LogP contribution in [0.3, 0.4) is 0 Å². The SMILES string of the molecule is COc1ccc(-n2c(SCC(=O)NCCc3ccccc3)nnc2-c2cccc(OC)c2)cc1. The number of hydrogen-bond donors (Lipinski definition) is 1. The number of carbonyl (C=O) groups excluding carboxylic acids is 1. The van der Waals surface area contributed by atoms with Gasteiger partial charge < -0.3 is 14.8 Å². The standard InChI is InChI=1S/C26H26N4O3S/c1-32-22-13-11-21(12-14-22)30-25(20-9-6-10-23(17-20)33-2)28-29-26(30)34-18-24(31)27-16-15-19-7-4-3-5-8-19/h3-14,17H,15-16,18H2,1-2H3,(H,27,31). The predicted molar refractivity (Wildman–Crippen MR) is 134 cm³/mol. The first-order valence-corrected chi connectivity index (χ1v) is 11.8. The molecule has 0 atom stereocenters. The van der Waals surface area contributed by atoms with Gasteiger partial charge >= 0.3 is 0 Å². The minimum Gasteiger partial charge on any atom is -0.497 e. The topological polar surface area (TPSA) is 78.3 Å². The Labute approximate surface area is 203 Å². The molecule has 174 valence electrons. The van der Waals surface area contributed by atoms with Crippen molar-refractivity contribution in [3.8, 4) is 28.6 Å². The van der Waals surface area contributed by atoms with Crippen LogP contribution < -0.4 is 14.8 Å². The first-order valence-electron chi connectivity index (χ1n) is 10.9. The zero-order chi connectivity index (χ0) is 23.8. The number of benzene rings is 3. The van der Waals surface area contributed by atoms with Crippen LogP contribution in [0, 0.1) is 0 Å². The molecule has 0 saturated heterocycles. The molecular formula is C26H26N4O3S. The zero-order valence-corrected chi connectivity index (χ0v) is 19.9. The van der Waals surface area contributed by atoms with Gasteiger partial charge in [0.2, 0.25) is 5.91 Å². The zero-order valence-electron chi connectivity index (χ0n) is 19.1. The Morgan fingerprint density at radius 2 is 1.68 bits per heavy atom. The summed E-state index contributed by atoms with van der Waals surface area (Å²) in [5.41, 5.74) is 2.93. The fourth-order valence-electron chi connectivity index (χ4n) is 3.45. The van der Waals surface area contributed by atoms with Gasteiger partial charge in [-0.3, -0.25) is 9.36 Å². The molecule has 8 heteroatoms. The van der Waals surface area contributed by atoms with Crippen LogP contribution in [-0.2, 0) is 11.2 Å². The van der Waals surface area contributed by atoms with Gasteiger partial charge in [0, 0.05) is 17.8 Å². The van der Waals surface area contributed by atoms with Gasteiger partial charge in [-0.05, 0) is 48.4 Å². The number of amides is 1. The predicted octanol–water partition coefficient (Wildman–Crippen LogP) is 4.40. The van der Waals surface area contributed by atoms with E-state index in [-0.39, 0.29) is 11.7 Å². The molecule has 4 rings (SSSR count). The molecule has 0 aliphatic heterocycles. The Hall–Kier alpha value is -3.78. The van der Waals surface area contributed by atoms with Crippen LogP contribution in [0.1, 0.15) is 5.56 Å². The number of carbonyl (C=O) groups is 1. The third kappa shape index (κ3) is 5.77. The van der Waals surface area contributed by atoms with Gasteiger partial charge in [-0.25, -0.2) is 0 Å². The summed E-state index contributed by atoms with van der Waals surface area (Å²) in [4.78, 5) is 12.5. The van der Waals surface area contributed by atoms with E-state index in [0.29, 0.717) is 17.5 Å². The average Bonchev–Trinajstić information content (AvgIpc) is 3.32. The first kappa shape index (κ1) is 23.4. The number of nitrogens with one attached hydrogen (secondary N) is 1. The van der Waals surface area contributed by atoms with E-state index < -0.39 is 0 Å². The lowest BCUT2D eigenvalue weighted by molar-refractivity contribution is -0.118. The van der Waals surface area contributed by atoms with Crippen molar-refractivity contribution in [2.24, 2.45) is 0 Å². The van der Waals surface area contributed by atoms with Crippen molar-refractivity contribution in [3.63, 3.8) is 0 Å². The van der Waals surface area contributed by atoms with Gasteiger partial charge in [-0.15, -0.1) is 10.2 Å². The highest BCUT2D eigenvalue weighted by molar-refractivity contribution is 7.99. The Kier molecular flexibility index (Phi) is 7.83. The van der Waals surface area contributed by atoms with Crippen LogP contribution >= 0.6 is 11.8 Å². The summed E-state index contributed by atoms with van der Waals surface area (Å²) in [5.74, 6) is 2.34. The van der Waals surface area contributed by atoms with E-state index >= 15 is 0 Å². The molecule has 34 heavy (non-hydrogen) atoms. The molecule has 0 fully saturated rings. The molecule has 0 bridgehead atoms. The summed E-state index contributed by atoms with van der Waals surface area (Å²) in [6.45, 7) is 0.587. The van der Waals surface area contributed by atoms with E-state index in [9.17, 15) is 4.79 Å². The van der Waals surface area contributed by atoms with E-state index in [2.05, 4.69) is 27.6 Å². The van der Waals surface area contributed by atoms with Crippen LogP contribution in [0.15, 0.2) is 84.0 Å². The molecule has 1 heterocycles. The Bertz CT molecular complexity index is 1230. The van der Waals surface area contributed by atoms with E-state index in [0.717, 1.165) is 29.2 Å². The van der Waals surface area contributed by atoms with E-state index in [1.54, 1.807) is 14.2 Å². The summed E-state index contributed by atoms with van der Waals surface area (Å²) in [5, 5.41) is 12.4. The number of rotatable bonds is 10. The van der Waals surface area contributed by atoms with Gasteiger partial charge in [0.1, 0.15) is 11.5 Å². The molecule has 0 radical (unpaired) electrons. The quantitative estimate of drug-likeness (QED) is 0.343. The number of hydrogen-bond acceptors (Lipinski definition) is 6. The number of nitrogens with zero attached hydrogens (tertiary/aromatic N) is 3. The number of aromatic nitrogens is 3. The smallest absolute Gasteiger partial charge is 0.230 e. The highest BCUT2D eigenvalue weighted by Crippen LogP contribution is 2.30. The third-order valence-electron chi connectivity index (χ3n) is 5.20. The highest BCUT2D eigenvalue weighted by Gasteiger charge is 2.18. The fourth-order valence-corrected chi connectivity index (χ4v) is 4.23. The Morgan fingerprint density at radius 1 is 0.912 bits per heavy atom. The van der Waals surface area contributed by atoms with E-state index in [1.165, 1.54) is 17.3 Å². The third-order valence-corrected chi connectivity index (χ3v) is 6.13. The monoisotopic (exact) mass is 474 g/mol. The second-order valence-corrected chi connectivity index (χ2v) is 8.39. The Morgan fingerprint density at radius 3 is 2.41 bits per heavy atom. The fraction of sp³-hybridized carbons (Fsp3) is 0.192. The van der Waals surface area contributed by atoms with Gasteiger partial charge in [0.05, 0.1) is 20.0 Å². The lowest BCUT2D eigenvalue weighted by Gasteiger charge is -2.12. The summed E-state index contributed by atoms with van der Waals surface area (Å²) in [6, 6.07) is 25.4. The van der Waals surface area contributed by atoms with Gasteiger partial charge in [0.25, 0.3) is 0 Å². The minimum absolute atomic E-state index is 0.0480. The van der Waals surface area contributed by atoms with Crippen molar-refractivity contribution in [2.75, 3.05) is 26.5 Å². The maximum atomic E-state index is 12.5. The van der Waals surface area contributed by atoms with Crippen molar-refractivity contribution in [3.05, 3.63) is 84.4 Å². The molecule has 0 aliphatic carbocycles. The van der Waals surface area contributed by atoms with Crippen LogP contribution in [0.5, 0.6) is 11.5 Å². The summed E-state index contributed by atoms with van der Waals surface area (Å²) in [7, 11) is 3.26. The number of thioether (sulfide) groups is 1. The van der Waals surface area contributed by atoms with Crippen LogP contribution in [0.4, 0.5) is 0 Å². The normalized spacial score (nSPS) is 10.6. The number of methoxy groups -OCH3 is 2. The van der Waals surface area contributed by atoms with Gasteiger partial charge in [-0.2, -0.15) is 0 Å². The van der Waals surface area contributed by atoms with Gasteiger partial charge in [0.15, 0.2) is 11.0 Å². The van der Waals surface area contributed by atoms with Crippen LogP contribution in [0.2, 0.25) is 0 Å². The van der Waals surface area contributed by atoms with Gasteiger partial charge in [-0.1, -0.05) is 54.2 Å². The summed E-state index contributed by atoms with van der Waals surface area (Å²) >= 11 is 1.35. The molecule has 1 N–H and O–H groups in total. The number of ether oxygens (including phenoxy) is 2. The van der Waals surface area contributed by atoms with Crippen molar-refractivity contribution in [2.45, 2.75) is 11.6 Å². The molecule has 7 nitrogen and oxygen atoms in total. The maximum Gasteiger partial charge on any atom is 0.230 e. The lowest BCUT2D eigenvalue weighted by Crippen LogP contribution is -2.27. The van der Waals surface area contributed by atoms with Crippen molar-refractivity contribution in [1.82, 2.24) is 20.1 Å². The van der Waals surface area contributed by atoms with E-state index in [1.807, 2.05) is 71.3 Å². The second kappa shape index (κ2) is 11.4. The highest BCUT2D eigenvalue weighted by atomic mass is 32.2. The van der Waals surface area contributed by atoms with Crippen LogP contribution in [-0.4, -0.2) is 47.2 Å². The average molecular weight is 475 g/mol. The molecular weight excluding hydrogens is 448 g/mol. The molecule has 0 aliphatic rings. The van der Waals surface area contributed by atoms with E-state index in [4.69, 9.17) is 9.47 Å². The molecule has 1 aromatic heterocycles. The summed E-state index contributed by atoms with van der Waals surface area (Å²) < 4.78 is 12.6. The maximum absolute atomic E-state index is 12.5. The van der Waals surface area contributed by atoms with Crippen molar-refractivity contribution >= 4 is 17.7 Å².